The molecule has 1 unspecified atom stereocenters. The molecule has 1 saturated heterocycles. The van der Waals surface area contributed by atoms with Crippen molar-refractivity contribution in [3.63, 3.8) is 0 Å². The fraction of sp³-hybridized carbons (Fsp3) is 0.786. The molecule has 0 bridgehead atoms. The first-order valence-electron chi connectivity index (χ1n) is 7.15. The van der Waals surface area contributed by atoms with Gasteiger partial charge in [-0.1, -0.05) is 6.92 Å². The molecule has 0 spiro atoms. The average Bonchev–Trinajstić information content (AvgIpc) is 2.78. The number of aromatic nitrogens is 2. The molecule has 1 aromatic heterocycles. The van der Waals surface area contributed by atoms with E-state index >= 15 is 0 Å². The van der Waals surface area contributed by atoms with Crippen LogP contribution in [0.4, 0.5) is 0 Å². The summed E-state index contributed by atoms with van der Waals surface area (Å²) in [6.07, 6.45) is 5.05. The van der Waals surface area contributed by atoms with E-state index < -0.39 is 0 Å². The highest BCUT2D eigenvalue weighted by molar-refractivity contribution is 8.00. The average molecular weight is 282 g/mol. The summed E-state index contributed by atoms with van der Waals surface area (Å²) in [4.78, 5) is 6.84. The molecule has 1 aliphatic rings. The van der Waals surface area contributed by atoms with Crippen LogP contribution >= 0.6 is 11.8 Å². The van der Waals surface area contributed by atoms with Crippen molar-refractivity contribution in [1.29, 1.82) is 0 Å². The first-order chi connectivity index (χ1) is 9.07. The highest BCUT2D eigenvalue weighted by Crippen LogP contribution is 2.33. The van der Waals surface area contributed by atoms with Crippen molar-refractivity contribution in [3.05, 3.63) is 18.2 Å². The first-order valence-corrected chi connectivity index (χ1v) is 8.14. The molecule has 19 heavy (non-hydrogen) atoms. The zero-order valence-corrected chi connectivity index (χ0v) is 13.1. The van der Waals surface area contributed by atoms with Gasteiger partial charge in [-0.2, -0.15) is 11.8 Å². The summed E-state index contributed by atoms with van der Waals surface area (Å²) in [5.41, 5.74) is 7.33. The summed E-state index contributed by atoms with van der Waals surface area (Å²) in [6.45, 7) is 10.7. The van der Waals surface area contributed by atoms with E-state index in [1.165, 1.54) is 11.4 Å². The Morgan fingerprint density at radius 3 is 2.95 bits per heavy atom. The minimum atomic E-state index is 0.300. The minimum absolute atomic E-state index is 0.300. The molecule has 0 amide bonds. The van der Waals surface area contributed by atoms with Gasteiger partial charge in [-0.3, -0.25) is 4.90 Å². The Hall–Kier alpha value is -0.520. The summed E-state index contributed by atoms with van der Waals surface area (Å²) in [5, 5.41) is 0. The smallest absolute Gasteiger partial charge is 0.0948 e. The van der Waals surface area contributed by atoms with Gasteiger partial charge < -0.3 is 10.3 Å². The Kier molecular flexibility index (Phi) is 4.92. The molecular weight excluding hydrogens is 256 g/mol. The fourth-order valence-electron chi connectivity index (χ4n) is 2.81. The van der Waals surface area contributed by atoms with Crippen LogP contribution in [0.15, 0.2) is 12.5 Å². The van der Waals surface area contributed by atoms with E-state index in [0.29, 0.717) is 17.3 Å². The molecule has 108 valence electrons. The fourth-order valence-corrected chi connectivity index (χ4v) is 3.95. The molecule has 1 atom stereocenters. The lowest BCUT2D eigenvalue weighted by Gasteiger charge is -2.41. The van der Waals surface area contributed by atoms with E-state index in [4.69, 9.17) is 5.73 Å². The molecular formula is C14H26N4S. The maximum Gasteiger partial charge on any atom is 0.0948 e. The maximum atomic E-state index is 6.06. The summed E-state index contributed by atoms with van der Waals surface area (Å²) in [7, 11) is 0. The molecule has 4 nitrogen and oxygen atoms in total. The molecule has 2 N–H and O–H groups in total. The number of hydrogen-bond acceptors (Lipinski definition) is 4. The van der Waals surface area contributed by atoms with Crippen molar-refractivity contribution < 1.29 is 0 Å². The van der Waals surface area contributed by atoms with E-state index in [2.05, 4.69) is 47.0 Å². The number of rotatable bonds is 5. The topological polar surface area (TPSA) is 47.1 Å². The monoisotopic (exact) mass is 282 g/mol. The number of nitrogens with zero attached hydrogens (tertiary/aromatic N) is 3. The van der Waals surface area contributed by atoms with Crippen LogP contribution in [0.25, 0.3) is 0 Å². The van der Waals surface area contributed by atoms with E-state index in [0.717, 1.165) is 26.1 Å². The lowest BCUT2D eigenvalue weighted by atomic mass is 10.1. The number of nitrogens with two attached hydrogens (primary N) is 1. The van der Waals surface area contributed by atoms with Gasteiger partial charge in [0.2, 0.25) is 0 Å². The molecule has 1 fully saturated rings. The third-order valence-corrected chi connectivity index (χ3v) is 4.97. The van der Waals surface area contributed by atoms with Crippen molar-refractivity contribution >= 4 is 11.8 Å². The van der Waals surface area contributed by atoms with Crippen molar-refractivity contribution in [3.8, 4) is 0 Å². The number of aryl methyl sites for hydroxylation is 1. The van der Waals surface area contributed by atoms with Gasteiger partial charge >= 0.3 is 0 Å². The second kappa shape index (κ2) is 6.29. The van der Waals surface area contributed by atoms with Crippen LogP contribution in [-0.2, 0) is 6.54 Å². The van der Waals surface area contributed by atoms with Crippen molar-refractivity contribution in [1.82, 2.24) is 14.5 Å². The zero-order valence-electron chi connectivity index (χ0n) is 12.3. The summed E-state index contributed by atoms with van der Waals surface area (Å²) >= 11 is 2.06. The Labute approximate surface area is 120 Å². The van der Waals surface area contributed by atoms with E-state index in [1.54, 1.807) is 0 Å². The normalized spacial score (nSPS) is 21.5. The summed E-state index contributed by atoms with van der Waals surface area (Å²) in [5.74, 6) is 1.19. The Balaban J connectivity index is 2.17. The van der Waals surface area contributed by atoms with Gasteiger partial charge in [-0.05, 0) is 20.3 Å². The third-order valence-electron chi connectivity index (χ3n) is 3.67. The minimum Gasteiger partial charge on any atom is -0.333 e. The lowest BCUT2D eigenvalue weighted by Crippen LogP contribution is -2.47. The van der Waals surface area contributed by atoms with Gasteiger partial charge in [0.25, 0.3) is 0 Å². The second-order valence-corrected chi connectivity index (χ2v) is 7.64. The molecule has 1 aliphatic heterocycles. The highest BCUT2D eigenvalue weighted by atomic mass is 32.2. The van der Waals surface area contributed by atoms with Crippen LogP contribution in [-0.4, -0.2) is 44.6 Å². The second-order valence-electron chi connectivity index (χ2n) is 5.84. The van der Waals surface area contributed by atoms with Crippen LogP contribution in [0.1, 0.15) is 38.9 Å². The molecule has 5 heteroatoms. The van der Waals surface area contributed by atoms with E-state index in [9.17, 15) is 0 Å². The van der Waals surface area contributed by atoms with E-state index in [1.807, 2.05) is 12.5 Å². The first kappa shape index (κ1) is 14.9. The van der Waals surface area contributed by atoms with Gasteiger partial charge in [-0.15, -0.1) is 0 Å². The van der Waals surface area contributed by atoms with Crippen LogP contribution in [0, 0.1) is 0 Å². The van der Waals surface area contributed by atoms with Crippen molar-refractivity contribution in [2.45, 2.75) is 44.5 Å². The predicted molar refractivity (Wildman–Crippen MR) is 82.4 cm³/mol. The highest BCUT2D eigenvalue weighted by Gasteiger charge is 2.32. The summed E-state index contributed by atoms with van der Waals surface area (Å²) in [6, 6.07) is 0.300. The Bertz CT molecular complexity index is 402. The quantitative estimate of drug-likeness (QED) is 0.898. The lowest BCUT2D eigenvalue weighted by molar-refractivity contribution is 0.185. The molecule has 2 heterocycles. The summed E-state index contributed by atoms with van der Waals surface area (Å²) < 4.78 is 2.58. The largest absolute Gasteiger partial charge is 0.333 e. The van der Waals surface area contributed by atoms with E-state index in [-0.39, 0.29) is 0 Å². The molecule has 0 aromatic carbocycles. The molecule has 0 radical (unpaired) electrons. The standard InChI is InChI=1S/C14H26N4S/c1-4-5-18-11-16-9-13(18)12(8-15)17-6-7-19-14(2,3)10-17/h9,11-12H,4-8,10,15H2,1-3H3. The molecule has 2 rings (SSSR count). The number of imidazole rings is 1. The van der Waals surface area contributed by atoms with Crippen LogP contribution < -0.4 is 5.73 Å². The van der Waals surface area contributed by atoms with Crippen LogP contribution in [0.3, 0.4) is 0 Å². The van der Waals surface area contributed by atoms with Gasteiger partial charge in [0.15, 0.2) is 0 Å². The Morgan fingerprint density at radius 2 is 2.32 bits per heavy atom. The van der Waals surface area contributed by atoms with Gasteiger partial charge in [0, 0.05) is 42.9 Å². The zero-order chi connectivity index (χ0) is 13.9. The van der Waals surface area contributed by atoms with Crippen molar-refractivity contribution in [2.75, 3.05) is 25.4 Å². The van der Waals surface area contributed by atoms with Gasteiger partial charge in [0.05, 0.1) is 18.1 Å². The van der Waals surface area contributed by atoms with Gasteiger partial charge in [-0.25, -0.2) is 4.98 Å². The third kappa shape index (κ3) is 3.52. The number of hydrogen-bond donors (Lipinski definition) is 1. The van der Waals surface area contributed by atoms with Crippen LogP contribution in [0.5, 0.6) is 0 Å². The molecule has 0 saturated carbocycles. The Morgan fingerprint density at radius 1 is 1.53 bits per heavy atom. The number of thioether (sulfide) groups is 1. The molecule has 0 aliphatic carbocycles. The van der Waals surface area contributed by atoms with Crippen LogP contribution in [0.2, 0.25) is 0 Å². The SMILES string of the molecule is CCCn1cncc1C(CN)N1CCSC(C)(C)C1. The maximum absolute atomic E-state index is 6.06. The van der Waals surface area contributed by atoms with Gasteiger partial charge in [0.1, 0.15) is 0 Å². The van der Waals surface area contributed by atoms with Crippen molar-refractivity contribution in [2.24, 2.45) is 5.73 Å². The molecule has 1 aromatic rings. The predicted octanol–water partition coefficient (Wildman–Crippen LogP) is 2.12.